The number of carbonyl (C=O) groups excluding carboxylic acids is 1. The number of amides is 1. The Hall–Kier alpha value is -1.36. The van der Waals surface area contributed by atoms with E-state index in [1.165, 1.54) is 0 Å². The van der Waals surface area contributed by atoms with E-state index in [9.17, 15) is 4.79 Å². The lowest BCUT2D eigenvalue weighted by molar-refractivity contribution is 0.0898. The minimum absolute atomic E-state index is 0.0373. The summed E-state index contributed by atoms with van der Waals surface area (Å²) < 4.78 is 0. The molecule has 2 rings (SSSR count). The third-order valence-electron chi connectivity index (χ3n) is 3.95. The molecule has 1 heterocycles. The number of nitrogens with zero attached hydrogens (tertiary/aromatic N) is 1. The normalized spacial score (nSPS) is 18.5. The maximum Gasteiger partial charge on any atom is 0.272 e. The van der Waals surface area contributed by atoms with Gasteiger partial charge in [-0.05, 0) is 18.9 Å². The lowest BCUT2D eigenvalue weighted by Crippen LogP contribution is -2.51. The molecule has 1 fully saturated rings. The van der Waals surface area contributed by atoms with Crippen LogP contribution in [0.3, 0.4) is 0 Å². The number of nitrogens with one attached hydrogen (secondary N) is 2. The van der Waals surface area contributed by atoms with Gasteiger partial charge in [0.1, 0.15) is 5.69 Å². The number of hydrogen-bond acceptors (Lipinski definition) is 3. The third kappa shape index (κ3) is 2.97. The van der Waals surface area contributed by atoms with Crippen molar-refractivity contribution in [3.05, 3.63) is 17.5 Å². The first-order valence-electron chi connectivity index (χ1n) is 6.95. The van der Waals surface area contributed by atoms with Crippen LogP contribution in [-0.2, 0) is 5.41 Å². The van der Waals surface area contributed by atoms with Crippen LogP contribution in [0.5, 0.6) is 0 Å². The quantitative estimate of drug-likeness (QED) is 0.777. The molecule has 5 heteroatoms. The van der Waals surface area contributed by atoms with E-state index in [1.807, 2.05) is 6.07 Å². The topological polar surface area (TPSA) is 83.8 Å². The molecule has 0 saturated heterocycles. The molecule has 1 saturated carbocycles. The molecular weight excluding hydrogens is 240 g/mol. The highest BCUT2D eigenvalue weighted by molar-refractivity contribution is 5.93. The second-order valence-electron chi connectivity index (χ2n) is 6.56. The van der Waals surface area contributed by atoms with E-state index < -0.39 is 0 Å². The maximum absolute atomic E-state index is 12.3. The summed E-state index contributed by atoms with van der Waals surface area (Å²) in [6, 6.07) is 1.83. The molecule has 19 heavy (non-hydrogen) atoms. The summed E-state index contributed by atoms with van der Waals surface area (Å²) in [5.41, 5.74) is 6.98. The molecule has 0 unspecified atom stereocenters. The van der Waals surface area contributed by atoms with Crippen LogP contribution < -0.4 is 11.1 Å². The number of hydrogen-bond donors (Lipinski definition) is 3. The summed E-state index contributed by atoms with van der Waals surface area (Å²) in [6.07, 6.45) is 4.19. The van der Waals surface area contributed by atoms with Gasteiger partial charge in [0.2, 0.25) is 0 Å². The van der Waals surface area contributed by atoms with Gasteiger partial charge in [-0.3, -0.25) is 9.89 Å². The Labute approximate surface area is 114 Å². The smallest absolute Gasteiger partial charge is 0.272 e. The van der Waals surface area contributed by atoms with Gasteiger partial charge in [-0.15, -0.1) is 0 Å². The van der Waals surface area contributed by atoms with E-state index in [0.717, 1.165) is 31.4 Å². The van der Waals surface area contributed by atoms with Crippen LogP contribution >= 0.6 is 0 Å². The summed E-state index contributed by atoms with van der Waals surface area (Å²) in [5.74, 6) is -0.126. The van der Waals surface area contributed by atoms with Crippen LogP contribution in [0.15, 0.2) is 6.07 Å². The second kappa shape index (κ2) is 4.96. The van der Waals surface area contributed by atoms with Gasteiger partial charge in [0.25, 0.3) is 5.91 Å². The van der Waals surface area contributed by atoms with Crippen LogP contribution in [0.2, 0.25) is 0 Å². The van der Waals surface area contributed by atoms with E-state index in [4.69, 9.17) is 5.73 Å². The highest BCUT2D eigenvalue weighted by atomic mass is 16.2. The minimum Gasteiger partial charge on any atom is -0.344 e. The molecule has 0 spiro atoms. The van der Waals surface area contributed by atoms with Crippen LogP contribution in [0, 0.1) is 0 Å². The fraction of sp³-hybridized carbons (Fsp3) is 0.714. The Morgan fingerprint density at radius 1 is 1.47 bits per heavy atom. The summed E-state index contributed by atoms with van der Waals surface area (Å²) >= 11 is 0. The molecule has 4 N–H and O–H groups in total. The first-order chi connectivity index (χ1) is 8.86. The first-order valence-corrected chi connectivity index (χ1v) is 6.95. The lowest BCUT2D eigenvalue weighted by atomic mass is 9.92. The average Bonchev–Trinajstić information content (AvgIpc) is 2.97. The summed E-state index contributed by atoms with van der Waals surface area (Å²) in [4.78, 5) is 12.3. The van der Waals surface area contributed by atoms with E-state index in [1.54, 1.807) is 0 Å². The average molecular weight is 264 g/mol. The number of aromatic nitrogens is 2. The SMILES string of the molecule is CC(C)(C)c1cc(C(=O)NC2(CN)CCCC2)n[nH]1. The molecule has 1 aromatic heterocycles. The molecule has 0 aliphatic heterocycles. The molecule has 5 nitrogen and oxygen atoms in total. The van der Waals surface area contributed by atoms with Crippen molar-refractivity contribution in [1.82, 2.24) is 15.5 Å². The summed E-state index contributed by atoms with van der Waals surface area (Å²) in [6.45, 7) is 6.75. The zero-order chi connectivity index (χ0) is 14.1. The van der Waals surface area contributed by atoms with E-state index in [2.05, 4.69) is 36.3 Å². The zero-order valence-electron chi connectivity index (χ0n) is 12.0. The highest BCUT2D eigenvalue weighted by Crippen LogP contribution is 2.29. The molecule has 0 aromatic carbocycles. The van der Waals surface area contributed by atoms with Gasteiger partial charge < -0.3 is 11.1 Å². The molecule has 1 amide bonds. The van der Waals surface area contributed by atoms with Gasteiger partial charge in [0.15, 0.2) is 0 Å². The Morgan fingerprint density at radius 2 is 2.11 bits per heavy atom. The minimum atomic E-state index is -0.224. The fourth-order valence-electron chi connectivity index (χ4n) is 2.56. The number of H-pyrrole nitrogens is 1. The number of carbonyl (C=O) groups is 1. The molecule has 1 aliphatic carbocycles. The van der Waals surface area contributed by atoms with Crippen molar-refractivity contribution in [3.8, 4) is 0 Å². The third-order valence-corrected chi connectivity index (χ3v) is 3.95. The Kier molecular flexibility index (Phi) is 3.67. The summed E-state index contributed by atoms with van der Waals surface area (Å²) in [5, 5.41) is 10.1. The van der Waals surface area contributed by atoms with Gasteiger partial charge in [-0.25, -0.2) is 0 Å². The predicted octanol–water partition coefficient (Wildman–Crippen LogP) is 1.71. The molecular formula is C14H24N4O. The van der Waals surface area contributed by atoms with E-state index >= 15 is 0 Å². The van der Waals surface area contributed by atoms with Gasteiger partial charge in [0.05, 0.1) is 5.54 Å². The molecule has 1 aliphatic rings. The van der Waals surface area contributed by atoms with Gasteiger partial charge in [0, 0.05) is 17.7 Å². The Bertz CT molecular complexity index is 452. The highest BCUT2D eigenvalue weighted by Gasteiger charge is 2.34. The number of aromatic amines is 1. The number of rotatable bonds is 3. The van der Waals surface area contributed by atoms with Crippen molar-refractivity contribution in [2.45, 2.75) is 57.4 Å². The van der Waals surface area contributed by atoms with E-state index in [0.29, 0.717) is 12.2 Å². The van der Waals surface area contributed by atoms with E-state index in [-0.39, 0.29) is 16.9 Å². The Balaban J connectivity index is 2.10. The van der Waals surface area contributed by atoms with Crippen LogP contribution in [0.1, 0.15) is 62.6 Å². The molecule has 0 radical (unpaired) electrons. The van der Waals surface area contributed by atoms with Crippen molar-refractivity contribution in [3.63, 3.8) is 0 Å². The number of nitrogens with two attached hydrogens (primary N) is 1. The second-order valence-corrected chi connectivity index (χ2v) is 6.56. The monoisotopic (exact) mass is 264 g/mol. The molecule has 0 bridgehead atoms. The van der Waals surface area contributed by atoms with Crippen molar-refractivity contribution in [2.24, 2.45) is 5.73 Å². The molecule has 0 atom stereocenters. The van der Waals surface area contributed by atoms with Crippen molar-refractivity contribution >= 4 is 5.91 Å². The first kappa shape index (κ1) is 14.1. The van der Waals surface area contributed by atoms with Crippen molar-refractivity contribution in [1.29, 1.82) is 0 Å². The largest absolute Gasteiger partial charge is 0.344 e. The maximum atomic E-state index is 12.3. The Morgan fingerprint density at radius 3 is 2.58 bits per heavy atom. The van der Waals surface area contributed by atoms with Crippen LogP contribution in [0.25, 0.3) is 0 Å². The van der Waals surface area contributed by atoms with Gasteiger partial charge >= 0.3 is 0 Å². The fourth-order valence-corrected chi connectivity index (χ4v) is 2.56. The van der Waals surface area contributed by atoms with Crippen LogP contribution in [-0.4, -0.2) is 28.2 Å². The predicted molar refractivity (Wildman–Crippen MR) is 75.0 cm³/mol. The van der Waals surface area contributed by atoms with Gasteiger partial charge in [-0.1, -0.05) is 33.6 Å². The molecule has 106 valence electrons. The standard InChI is InChI=1S/C14H24N4O/c1-13(2,3)11-8-10(17-18-11)12(19)16-14(9-15)6-4-5-7-14/h8H,4-7,9,15H2,1-3H3,(H,16,19)(H,17,18). The summed E-state index contributed by atoms with van der Waals surface area (Å²) in [7, 11) is 0. The molecule has 1 aromatic rings. The van der Waals surface area contributed by atoms with Crippen LogP contribution in [0.4, 0.5) is 0 Å². The van der Waals surface area contributed by atoms with Crippen molar-refractivity contribution in [2.75, 3.05) is 6.54 Å². The van der Waals surface area contributed by atoms with Gasteiger partial charge in [-0.2, -0.15) is 5.10 Å². The zero-order valence-corrected chi connectivity index (χ0v) is 12.0. The lowest BCUT2D eigenvalue weighted by Gasteiger charge is -2.28. The van der Waals surface area contributed by atoms with Crippen molar-refractivity contribution < 1.29 is 4.79 Å².